The first kappa shape index (κ1) is 20.3. The van der Waals surface area contributed by atoms with Crippen LogP contribution in [-0.4, -0.2) is 24.2 Å². The van der Waals surface area contributed by atoms with Crippen molar-refractivity contribution >= 4 is 34.9 Å². The van der Waals surface area contributed by atoms with Gasteiger partial charge in [-0.15, -0.1) is 0 Å². The van der Waals surface area contributed by atoms with Gasteiger partial charge in [0.2, 0.25) is 0 Å². The van der Waals surface area contributed by atoms with Crippen molar-refractivity contribution < 1.29 is 9.59 Å². The fraction of sp³-hybridized carbons (Fsp3) is 0.182. The Bertz CT molecular complexity index is 1070. The summed E-state index contributed by atoms with van der Waals surface area (Å²) in [5.74, 6) is -0.626. The minimum Gasteiger partial charge on any atom is -0.351 e. The number of rotatable bonds is 5. The van der Waals surface area contributed by atoms with Gasteiger partial charge in [-0.2, -0.15) is 5.26 Å². The average molecular weight is 407 g/mol. The van der Waals surface area contributed by atoms with E-state index in [0.717, 1.165) is 12.8 Å². The van der Waals surface area contributed by atoms with Gasteiger partial charge in [0, 0.05) is 17.7 Å². The lowest BCUT2D eigenvalue weighted by atomic mass is 10.0. The number of carbonyl (C=O) groups excluding carboxylic acids is 2. The first-order chi connectivity index (χ1) is 14.1. The summed E-state index contributed by atoms with van der Waals surface area (Å²) in [7, 11) is 0. The third kappa shape index (κ3) is 4.36. The highest BCUT2D eigenvalue weighted by atomic mass is 35.5. The Hall–Kier alpha value is -3.43. The molecular weight excluding hydrogens is 388 g/mol. The highest BCUT2D eigenvalue weighted by Crippen LogP contribution is 2.30. The Morgan fingerprint density at radius 1 is 1.10 bits per heavy atom. The van der Waals surface area contributed by atoms with E-state index in [9.17, 15) is 14.9 Å². The molecular formula is C22H19ClN4O2. The maximum atomic E-state index is 12.6. The van der Waals surface area contributed by atoms with E-state index in [4.69, 9.17) is 11.6 Å². The molecule has 29 heavy (non-hydrogen) atoms. The van der Waals surface area contributed by atoms with Gasteiger partial charge in [0.1, 0.15) is 17.5 Å². The highest BCUT2D eigenvalue weighted by molar-refractivity contribution is 6.34. The zero-order valence-corrected chi connectivity index (χ0v) is 16.6. The van der Waals surface area contributed by atoms with Crippen LogP contribution in [0.3, 0.4) is 0 Å². The van der Waals surface area contributed by atoms with E-state index in [1.165, 1.54) is 0 Å². The van der Waals surface area contributed by atoms with Crippen molar-refractivity contribution in [3.8, 4) is 6.07 Å². The van der Waals surface area contributed by atoms with Gasteiger partial charge >= 0.3 is 0 Å². The summed E-state index contributed by atoms with van der Waals surface area (Å²) in [6, 6.07) is 15.8. The third-order valence-corrected chi connectivity index (χ3v) is 4.73. The lowest BCUT2D eigenvalue weighted by molar-refractivity contribution is -0.117. The highest BCUT2D eigenvalue weighted by Gasteiger charge is 2.27. The molecule has 6 nitrogen and oxygen atoms in total. The van der Waals surface area contributed by atoms with E-state index in [1.54, 1.807) is 48.5 Å². The number of nitrogens with zero attached hydrogens (tertiary/aromatic N) is 2. The van der Waals surface area contributed by atoms with E-state index in [1.807, 2.05) is 13.0 Å². The molecule has 146 valence electrons. The summed E-state index contributed by atoms with van der Waals surface area (Å²) in [5.41, 5.74) is 1.72. The number of unbranched alkanes of at least 4 members (excludes halogenated alkanes) is 1. The number of hydrogen-bond acceptors (Lipinski definition) is 4. The van der Waals surface area contributed by atoms with E-state index >= 15 is 0 Å². The predicted octanol–water partition coefficient (Wildman–Crippen LogP) is 3.68. The molecule has 0 atom stereocenters. The smallest absolute Gasteiger partial charge is 0.264 e. The van der Waals surface area contributed by atoms with E-state index in [0.29, 0.717) is 28.3 Å². The minimum atomic E-state index is -0.479. The molecule has 3 rings (SSSR count). The molecule has 0 saturated carbocycles. The maximum absolute atomic E-state index is 12.6. The quantitative estimate of drug-likeness (QED) is 0.450. The number of amides is 2. The number of amidine groups is 1. The fourth-order valence-electron chi connectivity index (χ4n) is 2.91. The van der Waals surface area contributed by atoms with Gasteiger partial charge in [-0.05, 0) is 18.6 Å². The van der Waals surface area contributed by atoms with Crippen molar-refractivity contribution in [3.63, 3.8) is 0 Å². The Kier molecular flexibility index (Phi) is 6.43. The van der Waals surface area contributed by atoms with Gasteiger partial charge < -0.3 is 10.6 Å². The number of halogens is 1. The van der Waals surface area contributed by atoms with E-state index in [-0.39, 0.29) is 17.1 Å². The summed E-state index contributed by atoms with van der Waals surface area (Å²) in [4.78, 5) is 29.5. The lowest BCUT2D eigenvalue weighted by Gasteiger charge is -2.07. The molecule has 1 aliphatic rings. The molecule has 0 unspecified atom stereocenters. The summed E-state index contributed by atoms with van der Waals surface area (Å²) < 4.78 is 0. The number of benzene rings is 2. The molecule has 1 heterocycles. The van der Waals surface area contributed by atoms with Crippen LogP contribution in [0.5, 0.6) is 0 Å². The number of aliphatic imine (C=N–C) groups is 1. The average Bonchev–Trinajstić information content (AvgIpc) is 3.07. The largest absolute Gasteiger partial charge is 0.351 e. The second-order valence-electron chi connectivity index (χ2n) is 6.38. The van der Waals surface area contributed by atoms with Crippen molar-refractivity contribution in [3.05, 3.63) is 75.8 Å². The van der Waals surface area contributed by atoms with Crippen molar-refractivity contribution in [2.75, 3.05) is 6.54 Å². The molecule has 0 bridgehead atoms. The van der Waals surface area contributed by atoms with Crippen molar-refractivity contribution in [1.82, 2.24) is 10.6 Å². The Balaban J connectivity index is 1.96. The van der Waals surface area contributed by atoms with Crippen LogP contribution in [0.25, 0.3) is 5.70 Å². The number of fused-ring (bicyclic) bond motifs is 1. The normalized spacial score (nSPS) is 13.8. The summed E-state index contributed by atoms with van der Waals surface area (Å²) >= 11 is 6.10. The predicted molar refractivity (Wildman–Crippen MR) is 112 cm³/mol. The molecule has 0 spiro atoms. The number of carbonyl (C=O) groups is 2. The number of hydrogen-bond donors (Lipinski definition) is 2. The second-order valence-corrected chi connectivity index (χ2v) is 6.79. The van der Waals surface area contributed by atoms with Crippen molar-refractivity contribution in [2.24, 2.45) is 4.99 Å². The fourth-order valence-corrected chi connectivity index (χ4v) is 3.13. The molecule has 0 radical (unpaired) electrons. The second kappa shape index (κ2) is 9.18. The first-order valence-corrected chi connectivity index (χ1v) is 9.61. The zero-order chi connectivity index (χ0) is 20.8. The van der Waals surface area contributed by atoms with Gasteiger partial charge in [0.25, 0.3) is 11.8 Å². The van der Waals surface area contributed by atoms with Crippen LogP contribution < -0.4 is 10.6 Å². The van der Waals surface area contributed by atoms with E-state index in [2.05, 4.69) is 15.6 Å². The third-order valence-electron chi connectivity index (χ3n) is 4.40. The topological polar surface area (TPSA) is 94.3 Å². The van der Waals surface area contributed by atoms with Crippen LogP contribution in [0.1, 0.15) is 41.3 Å². The maximum Gasteiger partial charge on any atom is 0.264 e. The molecule has 0 fully saturated rings. The van der Waals surface area contributed by atoms with Gasteiger partial charge in [-0.1, -0.05) is 61.3 Å². The standard InChI is InChI=1S/C22H19ClN4O2/c1-2-3-12-25-21(28)17(13-24)19-14-8-4-5-9-15(14)20(26-19)27-22(29)16-10-6-7-11-18(16)23/h4-11H,2-3,12H2,1H3,(H,25,28)(H,26,27,29)/b19-17-. The molecule has 0 aliphatic carbocycles. The van der Waals surface area contributed by atoms with Crippen LogP contribution >= 0.6 is 11.6 Å². The van der Waals surface area contributed by atoms with Crippen LogP contribution in [0.2, 0.25) is 5.02 Å². The molecule has 2 amide bonds. The summed E-state index contributed by atoms with van der Waals surface area (Å²) in [6.45, 7) is 2.50. The summed E-state index contributed by atoms with van der Waals surface area (Å²) in [5, 5.41) is 15.4. The minimum absolute atomic E-state index is 0.0875. The Morgan fingerprint density at radius 3 is 2.48 bits per heavy atom. The van der Waals surface area contributed by atoms with Gasteiger partial charge in [-0.3, -0.25) is 9.59 Å². The van der Waals surface area contributed by atoms with Crippen molar-refractivity contribution in [2.45, 2.75) is 19.8 Å². The van der Waals surface area contributed by atoms with Crippen molar-refractivity contribution in [1.29, 1.82) is 5.26 Å². The molecule has 0 saturated heterocycles. The first-order valence-electron chi connectivity index (χ1n) is 9.23. The van der Waals surface area contributed by atoms with Gasteiger partial charge in [0.05, 0.1) is 16.3 Å². The zero-order valence-electron chi connectivity index (χ0n) is 15.8. The lowest BCUT2D eigenvalue weighted by Crippen LogP contribution is -2.30. The SMILES string of the molecule is CCCCNC(=O)/C(C#N)=C1\N=C(NC(=O)c2ccccc2Cl)c2ccccc21. The number of nitriles is 1. The Morgan fingerprint density at radius 2 is 1.79 bits per heavy atom. The van der Waals surface area contributed by atoms with Crippen LogP contribution in [0.4, 0.5) is 0 Å². The molecule has 1 aliphatic heterocycles. The Labute approximate surface area is 173 Å². The van der Waals surface area contributed by atoms with Gasteiger partial charge in [-0.25, -0.2) is 4.99 Å². The molecule has 7 heteroatoms. The molecule has 2 N–H and O–H groups in total. The van der Waals surface area contributed by atoms with Crippen LogP contribution in [-0.2, 0) is 4.79 Å². The van der Waals surface area contributed by atoms with Crippen LogP contribution in [0.15, 0.2) is 59.1 Å². The van der Waals surface area contributed by atoms with Gasteiger partial charge in [0.15, 0.2) is 0 Å². The summed E-state index contributed by atoms with van der Waals surface area (Å²) in [6.07, 6.45) is 1.75. The molecule has 2 aromatic rings. The molecule has 0 aromatic heterocycles. The van der Waals surface area contributed by atoms with Crippen LogP contribution in [0, 0.1) is 11.3 Å². The monoisotopic (exact) mass is 406 g/mol. The molecule has 2 aromatic carbocycles. The van der Waals surface area contributed by atoms with E-state index < -0.39 is 11.8 Å². The number of nitrogens with one attached hydrogen (secondary N) is 2.